The molecule has 9 heteroatoms. The van der Waals surface area contributed by atoms with Crippen LogP contribution in [0.4, 0.5) is 18.9 Å². The van der Waals surface area contributed by atoms with Crippen molar-refractivity contribution in [2.75, 3.05) is 5.32 Å². The largest absolute Gasteiger partial charge is 0.482 e. The highest BCUT2D eigenvalue weighted by molar-refractivity contribution is 5.97. The van der Waals surface area contributed by atoms with Crippen LogP contribution >= 0.6 is 0 Å². The van der Waals surface area contributed by atoms with E-state index in [1.807, 2.05) is 0 Å². The van der Waals surface area contributed by atoms with Gasteiger partial charge in [-0.2, -0.15) is 18.3 Å². The molecule has 0 spiro atoms. The van der Waals surface area contributed by atoms with E-state index in [9.17, 15) is 18.0 Å². The second-order valence-corrected chi connectivity index (χ2v) is 6.48. The molecule has 1 aromatic heterocycles. The summed E-state index contributed by atoms with van der Waals surface area (Å²) >= 11 is 0. The molecule has 0 aliphatic carbocycles. The number of rotatable bonds is 3. The molecule has 1 aliphatic heterocycles. The number of para-hydroxylation sites is 2. The summed E-state index contributed by atoms with van der Waals surface area (Å²) in [4.78, 5) is 12.8. The lowest BCUT2D eigenvalue weighted by Crippen LogP contribution is -2.46. The van der Waals surface area contributed by atoms with E-state index in [-0.39, 0.29) is 5.69 Å². The average Bonchev–Trinajstić information content (AvgIpc) is 3.21. The molecular weight excluding hydrogens is 387 g/mol. The van der Waals surface area contributed by atoms with E-state index >= 15 is 0 Å². The Balaban J connectivity index is 1.65. The molecule has 0 fully saturated rings. The molecule has 0 saturated carbocycles. The van der Waals surface area contributed by atoms with Crippen LogP contribution in [0.3, 0.4) is 0 Å². The Morgan fingerprint density at radius 2 is 1.83 bits per heavy atom. The molecule has 6 nitrogen and oxygen atoms in total. The van der Waals surface area contributed by atoms with Crippen LogP contribution in [-0.4, -0.2) is 27.9 Å². The summed E-state index contributed by atoms with van der Waals surface area (Å²) in [5, 5.41) is 6.57. The van der Waals surface area contributed by atoms with Crippen molar-refractivity contribution in [1.29, 1.82) is 0 Å². The number of nitrogens with zero attached hydrogens (tertiary/aromatic N) is 2. The van der Waals surface area contributed by atoms with E-state index in [2.05, 4.69) is 10.4 Å². The molecule has 0 bridgehead atoms. The second-order valence-electron chi connectivity index (χ2n) is 6.48. The van der Waals surface area contributed by atoms with Gasteiger partial charge in [-0.15, -0.1) is 0 Å². The van der Waals surface area contributed by atoms with Crippen LogP contribution in [0.1, 0.15) is 12.5 Å². The number of ether oxygens (including phenoxy) is 2. The number of carbonyl (C=O) groups is 1. The first kappa shape index (κ1) is 18.9. The number of anilines is 1. The number of aromatic nitrogens is 2. The van der Waals surface area contributed by atoms with E-state index in [1.165, 1.54) is 16.9 Å². The number of hydrogen-bond donors (Lipinski definition) is 1. The van der Waals surface area contributed by atoms with Crippen LogP contribution in [0.25, 0.3) is 5.69 Å². The van der Waals surface area contributed by atoms with Crippen molar-refractivity contribution in [2.24, 2.45) is 0 Å². The first-order chi connectivity index (χ1) is 13.8. The van der Waals surface area contributed by atoms with Gasteiger partial charge in [0.2, 0.25) is 6.10 Å². The van der Waals surface area contributed by atoms with Gasteiger partial charge < -0.3 is 14.8 Å². The molecule has 29 heavy (non-hydrogen) atoms. The summed E-state index contributed by atoms with van der Waals surface area (Å²) in [7, 11) is 0. The standard InChI is InChI=1S/C20H16F3N3O3/c1-12-18(29-17-6-3-2-5-16(17)28-12)19(27)25-14-11-13(20(21,22)23)7-8-15(14)26-10-4-9-24-26/h2-12,18H,1H3,(H,25,27)/t12-,18-/m0/s1. The predicted molar refractivity (Wildman–Crippen MR) is 98.1 cm³/mol. The third kappa shape index (κ3) is 3.75. The first-order valence-corrected chi connectivity index (χ1v) is 8.77. The minimum atomic E-state index is -4.56. The minimum Gasteiger partial charge on any atom is -0.482 e. The van der Waals surface area contributed by atoms with Gasteiger partial charge in [0.1, 0.15) is 6.10 Å². The van der Waals surface area contributed by atoms with E-state index in [1.54, 1.807) is 43.5 Å². The Hall–Kier alpha value is -3.49. The van der Waals surface area contributed by atoms with Gasteiger partial charge in [0, 0.05) is 12.4 Å². The quantitative estimate of drug-likeness (QED) is 0.716. The molecule has 1 amide bonds. The molecule has 2 aromatic carbocycles. The van der Waals surface area contributed by atoms with E-state index in [0.717, 1.165) is 12.1 Å². The first-order valence-electron chi connectivity index (χ1n) is 8.77. The smallest absolute Gasteiger partial charge is 0.416 e. The zero-order valence-corrected chi connectivity index (χ0v) is 15.2. The molecule has 0 radical (unpaired) electrons. The highest BCUT2D eigenvalue weighted by Crippen LogP contribution is 2.35. The van der Waals surface area contributed by atoms with Gasteiger partial charge in [-0.3, -0.25) is 4.79 Å². The SMILES string of the molecule is C[C@@H]1Oc2ccccc2O[C@@H]1C(=O)Nc1cc(C(F)(F)F)ccc1-n1cccn1. The lowest BCUT2D eigenvalue weighted by Gasteiger charge is -2.31. The van der Waals surface area contributed by atoms with Crippen LogP contribution in [0.2, 0.25) is 0 Å². The molecule has 2 heterocycles. The lowest BCUT2D eigenvalue weighted by atomic mass is 10.1. The maximum atomic E-state index is 13.2. The molecule has 1 aliphatic rings. The zero-order chi connectivity index (χ0) is 20.6. The van der Waals surface area contributed by atoms with Gasteiger partial charge in [0.25, 0.3) is 5.91 Å². The summed E-state index contributed by atoms with van der Waals surface area (Å²) in [5.74, 6) is 0.266. The van der Waals surface area contributed by atoms with Crippen molar-refractivity contribution >= 4 is 11.6 Å². The van der Waals surface area contributed by atoms with Crippen LogP contribution in [0.15, 0.2) is 60.9 Å². The normalized spacial score (nSPS) is 18.3. The number of fused-ring (bicyclic) bond motifs is 1. The topological polar surface area (TPSA) is 65.4 Å². The van der Waals surface area contributed by atoms with Gasteiger partial charge in [-0.1, -0.05) is 12.1 Å². The van der Waals surface area contributed by atoms with E-state index in [4.69, 9.17) is 9.47 Å². The number of hydrogen-bond acceptors (Lipinski definition) is 4. The van der Waals surface area contributed by atoms with Gasteiger partial charge in [-0.05, 0) is 43.3 Å². The summed E-state index contributed by atoms with van der Waals surface area (Å²) in [6.45, 7) is 1.65. The number of benzene rings is 2. The van der Waals surface area contributed by atoms with Crippen molar-refractivity contribution in [1.82, 2.24) is 9.78 Å². The number of alkyl halides is 3. The summed E-state index contributed by atoms with van der Waals surface area (Å²) in [6, 6.07) is 11.6. The third-order valence-electron chi connectivity index (χ3n) is 4.43. The molecule has 2 atom stereocenters. The Morgan fingerprint density at radius 3 is 2.48 bits per heavy atom. The lowest BCUT2D eigenvalue weighted by molar-refractivity contribution is -0.137. The van der Waals surface area contributed by atoms with Crippen molar-refractivity contribution in [3.05, 3.63) is 66.5 Å². The zero-order valence-electron chi connectivity index (χ0n) is 15.2. The van der Waals surface area contributed by atoms with Crippen molar-refractivity contribution in [2.45, 2.75) is 25.3 Å². The van der Waals surface area contributed by atoms with Crippen LogP contribution < -0.4 is 14.8 Å². The highest BCUT2D eigenvalue weighted by atomic mass is 19.4. The van der Waals surface area contributed by atoms with E-state index in [0.29, 0.717) is 17.2 Å². The Kier molecular flexibility index (Phi) is 4.65. The fourth-order valence-electron chi connectivity index (χ4n) is 3.03. The highest BCUT2D eigenvalue weighted by Gasteiger charge is 2.35. The molecule has 0 unspecified atom stereocenters. The van der Waals surface area contributed by atoms with Crippen molar-refractivity contribution < 1.29 is 27.4 Å². The average molecular weight is 403 g/mol. The fourth-order valence-corrected chi connectivity index (χ4v) is 3.03. The number of nitrogens with one attached hydrogen (secondary N) is 1. The molecular formula is C20H16F3N3O3. The van der Waals surface area contributed by atoms with Gasteiger partial charge >= 0.3 is 6.18 Å². The number of carbonyl (C=O) groups excluding carboxylic acids is 1. The molecule has 150 valence electrons. The molecule has 4 rings (SSSR count). The third-order valence-corrected chi connectivity index (χ3v) is 4.43. The number of halogens is 3. The van der Waals surface area contributed by atoms with Gasteiger partial charge in [0.05, 0.1) is 16.9 Å². The van der Waals surface area contributed by atoms with Crippen molar-refractivity contribution in [3.63, 3.8) is 0 Å². The Labute approximate surface area is 163 Å². The minimum absolute atomic E-state index is 0.0387. The number of amides is 1. The fraction of sp³-hybridized carbons (Fsp3) is 0.200. The maximum Gasteiger partial charge on any atom is 0.416 e. The van der Waals surface area contributed by atoms with Crippen molar-refractivity contribution in [3.8, 4) is 17.2 Å². The maximum absolute atomic E-state index is 13.2. The Bertz CT molecular complexity index is 1030. The summed E-state index contributed by atoms with van der Waals surface area (Å²) < 4.78 is 52.3. The monoisotopic (exact) mass is 403 g/mol. The van der Waals surface area contributed by atoms with Crippen LogP contribution in [0.5, 0.6) is 11.5 Å². The molecule has 1 N–H and O–H groups in total. The predicted octanol–water partition coefficient (Wildman–Crippen LogP) is 4.06. The van der Waals surface area contributed by atoms with Gasteiger partial charge in [-0.25, -0.2) is 4.68 Å². The van der Waals surface area contributed by atoms with Crippen LogP contribution in [-0.2, 0) is 11.0 Å². The van der Waals surface area contributed by atoms with Gasteiger partial charge in [0.15, 0.2) is 11.5 Å². The molecule has 0 saturated heterocycles. The summed E-state index contributed by atoms with van der Waals surface area (Å²) in [6.07, 6.45) is -3.18. The van der Waals surface area contributed by atoms with E-state index < -0.39 is 29.9 Å². The second kappa shape index (κ2) is 7.16. The Morgan fingerprint density at radius 1 is 1.10 bits per heavy atom. The van der Waals surface area contributed by atoms with Crippen LogP contribution in [0, 0.1) is 0 Å². The summed E-state index contributed by atoms with van der Waals surface area (Å²) in [5.41, 5.74) is -0.632. The molecule has 3 aromatic rings.